The second-order valence-electron chi connectivity index (χ2n) is 6.20. The van der Waals surface area contributed by atoms with Gasteiger partial charge in [0, 0.05) is 11.3 Å². The molecule has 0 aliphatic heterocycles. The van der Waals surface area contributed by atoms with Crippen molar-refractivity contribution in [2.24, 2.45) is 0 Å². The molecule has 2 amide bonds. The molecular formula is C20H14ClF3N4O2. The molecule has 0 saturated heterocycles. The van der Waals surface area contributed by atoms with Crippen molar-refractivity contribution in [3.8, 4) is 0 Å². The number of aryl methyl sites for hydroxylation is 1. The standard InChI is InChI=1S/C20H14ClF3N4O2/c1-11-25-9-15(10-26-11)28-19(30)16-8-14(5-6-17(16)21)27-18(29)12-3-2-4-13(7-12)20(22,23)24/h2-10H,1H3,(H,27,29)(H,28,30). The topological polar surface area (TPSA) is 84.0 Å². The number of nitrogens with one attached hydrogen (secondary N) is 2. The van der Waals surface area contributed by atoms with Gasteiger partial charge < -0.3 is 10.6 Å². The summed E-state index contributed by atoms with van der Waals surface area (Å²) in [5, 5.41) is 5.16. The van der Waals surface area contributed by atoms with Crippen LogP contribution in [0, 0.1) is 6.92 Å². The summed E-state index contributed by atoms with van der Waals surface area (Å²) in [5.41, 5.74) is -0.527. The van der Waals surface area contributed by atoms with Crippen LogP contribution in [0.4, 0.5) is 24.5 Å². The summed E-state index contributed by atoms with van der Waals surface area (Å²) >= 11 is 6.08. The van der Waals surface area contributed by atoms with Gasteiger partial charge in [0.1, 0.15) is 5.82 Å². The number of carbonyl (C=O) groups excluding carboxylic acids is 2. The largest absolute Gasteiger partial charge is 0.416 e. The van der Waals surface area contributed by atoms with Crippen LogP contribution >= 0.6 is 11.6 Å². The van der Waals surface area contributed by atoms with Gasteiger partial charge in [-0.05, 0) is 43.3 Å². The Balaban J connectivity index is 1.78. The summed E-state index contributed by atoms with van der Waals surface area (Å²) in [5.74, 6) is -0.797. The van der Waals surface area contributed by atoms with Gasteiger partial charge in [0.25, 0.3) is 11.8 Å². The Labute approximate surface area is 174 Å². The first-order valence-corrected chi connectivity index (χ1v) is 8.89. The Hall–Kier alpha value is -3.46. The molecular weight excluding hydrogens is 421 g/mol. The molecule has 0 radical (unpaired) electrons. The molecule has 3 rings (SSSR count). The molecule has 10 heteroatoms. The minimum atomic E-state index is -4.57. The number of benzene rings is 2. The summed E-state index contributed by atoms with van der Waals surface area (Å²) in [4.78, 5) is 32.8. The van der Waals surface area contributed by atoms with Gasteiger partial charge in [-0.3, -0.25) is 9.59 Å². The van der Waals surface area contributed by atoms with Crippen molar-refractivity contribution < 1.29 is 22.8 Å². The summed E-state index contributed by atoms with van der Waals surface area (Å²) in [6.45, 7) is 1.69. The van der Waals surface area contributed by atoms with Crippen LogP contribution in [0.3, 0.4) is 0 Å². The smallest absolute Gasteiger partial charge is 0.322 e. The number of nitrogens with zero attached hydrogens (tertiary/aromatic N) is 2. The van der Waals surface area contributed by atoms with Crippen molar-refractivity contribution in [2.75, 3.05) is 10.6 Å². The van der Waals surface area contributed by atoms with Crippen molar-refractivity contribution in [2.45, 2.75) is 13.1 Å². The minimum absolute atomic E-state index is 0.0547. The van der Waals surface area contributed by atoms with Crippen LogP contribution in [-0.4, -0.2) is 21.8 Å². The molecule has 0 aliphatic rings. The highest BCUT2D eigenvalue weighted by atomic mass is 35.5. The van der Waals surface area contributed by atoms with E-state index in [0.29, 0.717) is 11.5 Å². The van der Waals surface area contributed by atoms with Crippen LogP contribution in [0.5, 0.6) is 0 Å². The summed E-state index contributed by atoms with van der Waals surface area (Å²) in [6, 6.07) is 8.15. The first kappa shape index (κ1) is 21.3. The molecule has 6 nitrogen and oxygen atoms in total. The fraction of sp³-hybridized carbons (Fsp3) is 0.100. The van der Waals surface area contributed by atoms with Gasteiger partial charge in [-0.25, -0.2) is 9.97 Å². The molecule has 2 N–H and O–H groups in total. The van der Waals surface area contributed by atoms with Crippen molar-refractivity contribution in [1.82, 2.24) is 9.97 Å². The molecule has 0 unspecified atom stereocenters. The number of rotatable bonds is 4. The van der Waals surface area contributed by atoms with Crippen LogP contribution in [0.2, 0.25) is 5.02 Å². The molecule has 0 bridgehead atoms. The van der Waals surface area contributed by atoms with Gasteiger partial charge in [-0.2, -0.15) is 13.2 Å². The van der Waals surface area contributed by atoms with Gasteiger partial charge in [-0.1, -0.05) is 17.7 Å². The van der Waals surface area contributed by atoms with Gasteiger partial charge in [-0.15, -0.1) is 0 Å². The zero-order chi connectivity index (χ0) is 21.9. The van der Waals surface area contributed by atoms with E-state index in [2.05, 4.69) is 20.6 Å². The maximum Gasteiger partial charge on any atom is 0.416 e. The van der Waals surface area contributed by atoms with Gasteiger partial charge in [0.05, 0.1) is 34.2 Å². The van der Waals surface area contributed by atoms with E-state index in [1.807, 2.05) is 0 Å². The lowest BCUT2D eigenvalue weighted by Gasteiger charge is -2.11. The molecule has 0 atom stereocenters. The first-order valence-electron chi connectivity index (χ1n) is 8.51. The third kappa shape index (κ3) is 5.12. The molecule has 1 heterocycles. The summed E-state index contributed by atoms with van der Waals surface area (Å²) in [6.07, 6.45) is -1.72. The normalized spacial score (nSPS) is 11.1. The number of anilines is 2. The van der Waals surface area contributed by atoms with E-state index < -0.39 is 23.6 Å². The zero-order valence-corrected chi connectivity index (χ0v) is 16.2. The quantitative estimate of drug-likeness (QED) is 0.607. The third-order valence-electron chi connectivity index (χ3n) is 3.96. The van der Waals surface area contributed by atoms with Gasteiger partial charge >= 0.3 is 6.18 Å². The molecule has 0 aliphatic carbocycles. The SMILES string of the molecule is Cc1ncc(NC(=O)c2cc(NC(=O)c3cccc(C(F)(F)F)c3)ccc2Cl)cn1. The molecule has 154 valence electrons. The molecule has 2 aromatic carbocycles. The maximum atomic E-state index is 12.8. The average Bonchev–Trinajstić information content (AvgIpc) is 2.70. The Morgan fingerprint density at radius 3 is 2.27 bits per heavy atom. The highest BCUT2D eigenvalue weighted by molar-refractivity contribution is 6.34. The molecule has 3 aromatic rings. The Kier molecular flexibility index (Phi) is 6.02. The van der Waals surface area contributed by atoms with Crippen LogP contribution < -0.4 is 10.6 Å². The highest BCUT2D eigenvalue weighted by Gasteiger charge is 2.30. The van der Waals surface area contributed by atoms with Crippen molar-refractivity contribution in [1.29, 1.82) is 0 Å². The Morgan fingerprint density at radius 2 is 1.60 bits per heavy atom. The summed E-state index contributed by atoms with van der Waals surface area (Å²) < 4.78 is 38.5. The molecule has 30 heavy (non-hydrogen) atoms. The number of aromatic nitrogens is 2. The fourth-order valence-electron chi connectivity index (χ4n) is 2.47. The van der Waals surface area contributed by atoms with E-state index >= 15 is 0 Å². The van der Waals surface area contributed by atoms with Crippen molar-refractivity contribution in [3.05, 3.63) is 82.4 Å². The first-order chi connectivity index (χ1) is 14.1. The van der Waals surface area contributed by atoms with E-state index in [1.165, 1.54) is 36.7 Å². The van der Waals surface area contributed by atoms with Crippen LogP contribution in [0.25, 0.3) is 0 Å². The number of hydrogen-bond acceptors (Lipinski definition) is 4. The lowest BCUT2D eigenvalue weighted by molar-refractivity contribution is -0.137. The number of carbonyl (C=O) groups is 2. The number of halogens is 4. The van der Waals surface area contributed by atoms with E-state index in [4.69, 9.17) is 11.6 Å². The van der Waals surface area contributed by atoms with E-state index in [1.54, 1.807) is 6.92 Å². The second kappa shape index (κ2) is 8.50. The highest BCUT2D eigenvalue weighted by Crippen LogP contribution is 2.30. The van der Waals surface area contributed by atoms with E-state index in [9.17, 15) is 22.8 Å². The lowest BCUT2D eigenvalue weighted by atomic mass is 10.1. The molecule has 1 aromatic heterocycles. The fourth-order valence-corrected chi connectivity index (χ4v) is 2.68. The van der Waals surface area contributed by atoms with Gasteiger partial charge in [0.15, 0.2) is 0 Å². The predicted octanol–water partition coefficient (Wildman–Crippen LogP) is 4.96. The van der Waals surface area contributed by atoms with E-state index in [0.717, 1.165) is 18.2 Å². The Bertz CT molecular complexity index is 1100. The third-order valence-corrected chi connectivity index (χ3v) is 4.29. The zero-order valence-electron chi connectivity index (χ0n) is 15.4. The molecule has 0 spiro atoms. The second-order valence-corrected chi connectivity index (χ2v) is 6.61. The molecule has 0 saturated carbocycles. The lowest BCUT2D eigenvalue weighted by Crippen LogP contribution is -2.16. The molecule has 0 fully saturated rings. The number of hydrogen-bond donors (Lipinski definition) is 2. The maximum absolute atomic E-state index is 12.8. The Morgan fingerprint density at radius 1 is 0.933 bits per heavy atom. The predicted molar refractivity (Wildman–Crippen MR) is 106 cm³/mol. The number of alkyl halides is 3. The average molecular weight is 435 g/mol. The van der Waals surface area contributed by atoms with Gasteiger partial charge in [0.2, 0.25) is 0 Å². The van der Waals surface area contributed by atoms with Crippen LogP contribution in [-0.2, 0) is 6.18 Å². The van der Waals surface area contributed by atoms with Crippen LogP contribution in [0.1, 0.15) is 32.1 Å². The number of amides is 2. The van der Waals surface area contributed by atoms with Crippen molar-refractivity contribution in [3.63, 3.8) is 0 Å². The monoisotopic (exact) mass is 434 g/mol. The summed E-state index contributed by atoms with van der Waals surface area (Å²) in [7, 11) is 0. The minimum Gasteiger partial charge on any atom is -0.322 e. The van der Waals surface area contributed by atoms with E-state index in [-0.39, 0.29) is 21.8 Å². The van der Waals surface area contributed by atoms with Crippen molar-refractivity contribution >= 4 is 34.8 Å². The van der Waals surface area contributed by atoms with Crippen LogP contribution in [0.15, 0.2) is 54.9 Å².